The highest BCUT2D eigenvalue weighted by molar-refractivity contribution is 7.80. The van der Waals surface area contributed by atoms with Gasteiger partial charge in [0, 0.05) is 22.5 Å². The maximum absolute atomic E-state index is 13.2. The minimum atomic E-state index is -4.61. The van der Waals surface area contributed by atoms with Crippen molar-refractivity contribution in [1.82, 2.24) is 19.8 Å². The summed E-state index contributed by atoms with van der Waals surface area (Å²) in [6.07, 6.45) is -4.61. The Morgan fingerprint density at radius 2 is 1.96 bits per heavy atom. The standard InChI is InChI=1S/C16H12ClF3N4O2S/c1-23-15(25)24(22-21-23)13-4-2-3-12(17)10(13)8-26-14-6-5-9(27)7-11(14)16(18,19)20/h2-7,27H,8H2,1H3. The highest BCUT2D eigenvalue weighted by atomic mass is 35.5. The average Bonchev–Trinajstić information content (AvgIpc) is 2.93. The second-order valence-corrected chi connectivity index (χ2v) is 6.42. The Bertz CT molecular complexity index is 1050. The third-order valence-corrected chi connectivity index (χ3v) is 4.32. The molecule has 0 fully saturated rings. The summed E-state index contributed by atoms with van der Waals surface area (Å²) in [5.41, 5.74) is -0.931. The van der Waals surface area contributed by atoms with E-state index >= 15 is 0 Å². The number of hydrogen-bond acceptors (Lipinski definition) is 5. The summed E-state index contributed by atoms with van der Waals surface area (Å²) in [7, 11) is 1.42. The fourth-order valence-corrected chi connectivity index (χ4v) is 2.80. The molecule has 3 rings (SSSR count). The Balaban J connectivity index is 1.99. The first kappa shape index (κ1) is 19.3. The monoisotopic (exact) mass is 416 g/mol. The molecule has 2 aromatic carbocycles. The fourth-order valence-electron chi connectivity index (χ4n) is 2.37. The molecule has 0 saturated heterocycles. The predicted molar refractivity (Wildman–Crippen MR) is 94.6 cm³/mol. The molecule has 0 unspecified atom stereocenters. The molecule has 0 radical (unpaired) electrons. The Kier molecular flexibility index (Phi) is 5.20. The molecular formula is C16H12ClF3N4O2S. The molecule has 0 aliphatic heterocycles. The Morgan fingerprint density at radius 3 is 2.59 bits per heavy atom. The van der Waals surface area contributed by atoms with Gasteiger partial charge in [0.05, 0.1) is 11.3 Å². The van der Waals surface area contributed by atoms with Crippen LogP contribution in [0.25, 0.3) is 5.69 Å². The first-order valence-corrected chi connectivity index (χ1v) is 8.31. The average molecular weight is 417 g/mol. The second kappa shape index (κ2) is 7.28. The molecule has 142 valence electrons. The topological polar surface area (TPSA) is 61.9 Å². The van der Waals surface area contributed by atoms with Gasteiger partial charge in [0.2, 0.25) is 0 Å². The highest BCUT2D eigenvalue weighted by Gasteiger charge is 2.34. The molecular weight excluding hydrogens is 405 g/mol. The number of rotatable bonds is 4. The molecule has 1 heterocycles. The Labute approximate surface area is 161 Å². The quantitative estimate of drug-likeness (QED) is 0.661. The molecule has 0 bridgehead atoms. The van der Waals surface area contributed by atoms with Gasteiger partial charge in [0.25, 0.3) is 0 Å². The van der Waals surface area contributed by atoms with Crippen molar-refractivity contribution in [3.63, 3.8) is 0 Å². The molecule has 0 atom stereocenters. The molecule has 11 heteroatoms. The molecule has 27 heavy (non-hydrogen) atoms. The van der Waals surface area contributed by atoms with Gasteiger partial charge in [0.1, 0.15) is 12.4 Å². The minimum Gasteiger partial charge on any atom is -0.488 e. The van der Waals surface area contributed by atoms with Crippen molar-refractivity contribution in [1.29, 1.82) is 0 Å². The number of benzene rings is 2. The number of thiol groups is 1. The lowest BCUT2D eigenvalue weighted by Gasteiger charge is -2.16. The van der Waals surface area contributed by atoms with Crippen LogP contribution >= 0.6 is 24.2 Å². The van der Waals surface area contributed by atoms with E-state index in [-0.39, 0.29) is 28.0 Å². The summed E-state index contributed by atoms with van der Waals surface area (Å²) >= 11 is 10.1. The fraction of sp³-hybridized carbons (Fsp3) is 0.188. The van der Waals surface area contributed by atoms with E-state index in [1.165, 1.54) is 25.2 Å². The van der Waals surface area contributed by atoms with E-state index in [0.29, 0.717) is 5.56 Å². The number of aryl methyl sites for hydroxylation is 1. The molecule has 0 N–H and O–H groups in total. The van der Waals surface area contributed by atoms with E-state index < -0.39 is 17.4 Å². The molecule has 6 nitrogen and oxygen atoms in total. The van der Waals surface area contributed by atoms with Crippen LogP contribution in [0.1, 0.15) is 11.1 Å². The first-order valence-electron chi connectivity index (χ1n) is 7.48. The van der Waals surface area contributed by atoms with Crippen molar-refractivity contribution in [3.05, 3.63) is 63.0 Å². The molecule has 0 aliphatic carbocycles. The van der Waals surface area contributed by atoms with Crippen LogP contribution in [0.15, 0.2) is 46.1 Å². The highest BCUT2D eigenvalue weighted by Crippen LogP contribution is 2.38. The smallest absolute Gasteiger partial charge is 0.420 e. The van der Waals surface area contributed by atoms with Gasteiger partial charge in [-0.15, -0.1) is 12.6 Å². The van der Waals surface area contributed by atoms with Gasteiger partial charge in [-0.25, -0.2) is 4.79 Å². The lowest BCUT2D eigenvalue weighted by atomic mass is 10.1. The summed E-state index contributed by atoms with van der Waals surface area (Å²) in [4.78, 5) is 12.2. The number of hydrogen-bond donors (Lipinski definition) is 1. The number of aromatic nitrogens is 4. The number of alkyl halides is 3. The number of halogens is 4. The van der Waals surface area contributed by atoms with Gasteiger partial charge >= 0.3 is 11.9 Å². The van der Waals surface area contributed by atoms with Crippen LogP contribution in [0.5, 0.6) is 5.75 Å². The van der Waals surface area contributed by atoms with E-state index in [2.05, 4.69) is 23.1 Å². The summed E-state index contributed by atoms with van der Waals surface area (Å²) in [6, 6.07) is 8.09. The lowest BCUT2D eigenvalue weighted by molar-refractivity contribution is -0.139. The molecule has 1 aromatic heterocycles. The maximum atomic E-state index is 13.2. The van der Waals surface area contributed by atoms with Crippen LogP contribution in [-0.4, -0.2) is 19.8 Å². The Morgan fingerprint density at radius 1 is 1.22 bits per heavy atom. The van der Waals surface area contributed by atoms with E-state index in [0.717, 1.165) is 15.4 Å². The van der Waals surface area contributed by atoms with Crippen LogP contribution in [-0.2, 0) is 19.8 Å². The van der Waals surface area contributed by atoms with Gasteiger partial charge in [0.15, 0.2) is 0 Å². The zero-order chi connectivity index (χ0) is 19.8. The van der Waals surface area contributed by atoms with Gasteiger partial charge in [-0.1, -0.05) is 17.7 Å². The van der Waals surface area contributed by atoms with E-state index in [9.17, 15) is 18.0 Å². The van der Waals surface area contributed by atoms with Gasteiger partial charge in [-0.05, 0) is 40.8 Å². The summed E-state index contributed by atoms with van der Waals surface area (Å²) in [5.74, 6) is -0.377. The third kappa shape index (κ3) is 3.96. The van der Waals surface area contributed by atoms with Crippen LogP contribution in [0.4, 0.5) is 13.2 Å². The van der Waals surface area contributed by atoms with Crippen molar-refractivity contribution in [2.75, 3.05) is 0 Å². The molecule has 3 aromatic rings. The maximum Gasteiger partial charge on any atom is 0.420 e. The molecule has 0 saturated carbocycles. The van der Waals surface area contributed by atoms with E-state index in [1.54, 1.807) is 12.1 Å². The number of tetrazole rings is 1. The summed E-state index contributed by atoms with van der Waals surface area (Å²) in [5, 5.41) is 7.55. The zero-order valence-electron chi connectivity index (χ0n) is 13.7. The van der Waals surface area contributed by atoms with Crippen molar-refractivity contribution >= 4 is 24.2 Å². The summed E-state index contributed by atoms with van der Waals surface area (Å²) in [6.45, 7) is -0.312. The normalized spacial score (nSPS) is 11.6. The van der Waals surface area contributed by atoms with Crippen molar-refractivity contribution in [3.8, 4) is 11.4 Å². The molecule has 0 spiro atoms. The number of ether oxygens (including phenoxy) is 1. The third-order valence-electron chi connectivity index (χ3n) is 3.68. The molecule has 0 amide bonds. The molecule has 0 aliphatic rings. The summed E-state index contributed by atoms with van der Waals surface area (Å²) < 4.78 is 47.1. The van der Waals surface area contributed by atoms with Crippen LogP contribution in [0.3, 0.4) is 0 Å². The lowest BCUT2D eigenvalue weighted by Crippen LogP contribution is -2.23. The number of nitrogens with zero attached hydrogens (tertiary/aromatic N) is 4. The van der Waals surface area contributed by atoms with Gasteiger partial charge in [-0.3, -0.25) is 0 Å². The van der Waals surface area contributed by atoms with Crippen LogP contribution in [0.2, 0.25) is 5.02 Å². The van der Waals surface area contributed by atoms with Crippen LogP contribution < -0.4 is 10.4 Å². The second-order valence-electron chi connectivity index (χ2n) is 5.50. The minimum absolute atomic E-state index is 0.152. The van der Waals surface area contributed by atoms with Crippen molar-refractivity contribution < 1.29 is 17.9 Å². The van der Waals surface area contributed by atoms with Gasteiger partial charge in [-0.2, -0.15) is 22.5 Å². The van der Waals surface area contributed by atoms with E-state index in [1.807, 2.05) is 0 Å². The van der Waals surface area contributed by atoms with Gasteiger partial charge < -0.3 is 4.74 Å². The van der Waals surface area contributed by atoms with Crippen molar-refractivity contribution in [2.24, 2.45) is 7.05 Å². The Hall–Kier alpha value is -2.46. The first-order chi connectivity index (χ1) is 12.7. The van der Waals surface area contributed by atoms with Crippen LogP contribution in [0, 0.1) is 0 Å². The van der Waals surface area contributed by atoms with Crippen molar-refractivity contribution in [2.45, 2.75) is 17.7 Å². The predicted octanol–water partition coefficient (Wildman–Crippen LogP) is 3.51. The van der Waals surface area contributed by atoms with E-state index in [4.69, 9.17) is 16.3 Å². The zero-order valence-corrected chi connectivity index (χ0v) is 15.4. The largest absolute Gasteiger partial charge is 0.488 e. The SMILES string of the molecule is Cn1nnn(-c2cccc(Cl)c2COc2ccc(S)cc2C(F)(F)F)c1=O.